The minimum Gasteiger partial charge on any atom is -0.462 e. The summed E-state index contributed by atoms with van der Waals surface area (Å²) in [5.41, 5.74) is 0. The van der Waals surface area contributed by atoms with Crippen LogP contribution in [0.1, 0.15) is 245 Å². The third-order valence-corrected chi connectivity index (χ3v) is 10.3. The van der Waals surface area contributed by atoms with Crippen LogP contribution in [0.5, 0.6) is 0 Å². The Kier molecular flexibility index (Phi) is 43.4. The molecule has 0 aromatic rings. The summed E-state index contributed by atoms with van der Waals surface area (Å²) in [6, 6.07) is 0. The predicted molar refractivity (Wildman–Crippen MR) is 238 cm³/mol. The smallest absolute Gasteiger partial charge is 0.306 e. The van der Waals surface area contributed by atoms with Gasteiger partial charge in [-0.15, -0.1) is 0 Å². The maximum Gasteiger partial charge on any atom is 0.306 e. The summed E-state index contributed by atoms with van der Waals surface area (Å²) in [5, 5.41) is 0. The van der Waals surface area contributed by atoms with E-state index in [0.29, 0.717) is 19.3 Å². The van der Waals surface area contributed by atoms with Crippen molar-refractivity contribution in [3.05, 3.63) is 36.5 Å². The molecule has 0 N–H and O–H groups in total. The van der Waals surface area contributed by atoms with Gasteiger partial charge in [0.2, 0.25) is 0 Å². The minimum atomic E-state index is -0.775. The van der Waals surface area contributed by atoms with E-state index < -0.39 is 6.10 Å². The number of hydrogen-bond acceptors (Lipinski definition) is 6. The molecule has 0 fully saturated rings. The van der Waals surface area contributed by atoms with Crippen LogP contribution in [0.25, 0.3) is 0 Å². The monoisotopic (exact) mass is 787 g/mol. The highest BCUT2D eigenvalue weighted by Gasteiger charge is 2.19. The standard InChI is InChI=1S/C50H90O6/c1-4-7-10-13-16-19-21-23-24-25-26-28-29-31-34-37-40-43-49(52)55-46-47(45-54-48(51)42-39-36-33-18-15-12-9-6-3)56-50(53)44-41-38-35-32-30-27-22-20-17-14-11-8-5-2/h11,14,20,22-24,47H,4-10,12-13,15-19,21,25-46H2,1-3H3/b14-11-,22-20-,24-23-. The molecule has 0 saturated heterocycles. The summed E-state index contributed by atoms with van der Waals surface area (Å²) in [6.45, 7) is 6.53. The second kappa shape index (κ2) is 45.3. The first-order valence-corrected chi connectivity index (χ1v) is 24.0. The van der Waals surface area contributed by atoms with Crippen LogP contribution in [0, 0.1) is 0 Å². The fraction of sp³-hybridized carbons (Fsp3) is 0.820. The molecule has 6 heteroatoms. The highest BCUT2D eigenvalue weighted by atomic mass is 16.6. The van der Waals surface area contributed by atoms with Crippen molar-refractivity contribution in [3.63, 3.8) is 0 Å². The van der Waals surface area contributed by atoms with Gasteiger partial charge in [-0.2, -0.15) is 0 Å². The lowest BCUT2D eigenvalue weighted by atomic mass is 10.1. The molecule has 0 heterocycles. The first-order chi connectivity index (χ1) is 27.5. The van der Waals surface area contributed by atoms with Crippen LogP contribution in [0.2, 0.25) is 0 Å². The predicted octanol–water partition coefficient (Wildman–Crippen LogP) is 15.4. The van der Waals surface area contributed by atoms with E-state index in [0.717, 1.165) is 89.9 Å². The van der Waals surface area contributed by atoms with E-state index in [1.807, 2.05) is 0 Å². The van der Waals surface area contributed by atoms with Gasteiger partial charge in [-0.3, -0.25) is 14.4 Å². The Balaban J connectivity index is 4.31. The molecule has 6 nitrogen and oxygen atoms in total. The molecule has 0 aliphatic heterocycles. The first-order valence-electron chi connectivity index (χ1n) is 24.0. The molecule has 0 saturated carbocycles. The van der Waals surface area contributed by atoms with Crippen LogP contribution in [-0.2, 0) is 28.6 Å². The number of carbonyl (C=O) groups is 3. The van der Waals surface area contributed by atoms with Crippen molar-refractivity contribution >= 4 is 17.9 Å². The third kappa shape index (κ3) is 42.8. The van der Waals surface area contributed by atoms with Gasteiger partial charge in [-0.05, 0) is 70.6 Å². The fourth-order valence-electron chi connectivity index (χ4n) is 6.71. The number of ether oxygens (including phenoxy) is 3. The summed E-state index contributed by atoms with van der Waals surface area (Å²) in [6.07, 6.45) is 51.3. The zero-order valence-corrected chi connectivity index (χ0v) is 37.2. The zero-order chi connectivity index (χ0) is 40.8. The molecule has 56 heavy (non-hydrogen) atoms. The minimum absolute atomic E-state index is 0.0777. The summed E-state index contributed by atoms with van der Waals surface area (Å²) in [4.78, 5) is 37.7. The zero-order valence-electron chi connectivity index (χ0n) is 37.2. The van der Waals surface area contributed by atoms with Gasteiger partial charge in [-0.25, -0.2) is 0 Å². The Bertz CT molecular complexity index is 953. The van der Waals surface area contributed by atoms with Crippen molar-refractivity contribution in [2.75, 3.05) is 13.2 Å². The van der Waals surface area contributed by atoms with Crippen molar-refractivity contribution in [3.8, 4) is 0 Å². The summed E-state index contributed by atoms with van der Waals surface area (Å²) < 4.78 is 16.7. The van der Waals surface area contributed by atoms with Crippen molar-refractivity contribution in [1.82, 2.24) is 0 Å². The molecule has 326 valence electrons. The van der Waals surface area contributed by atoms with Crippen LogP contribution in [0.15, 0.2) is 36.5 Å². The van der Waals surface area contributed by atoms with E-state index in [4.69, 9.17) is 14.2 Å². The lowest BCUT2D eigenvalue weighted by molar-refractivity contribution is -0.167. The molecule has 0 spiro atoms. The van der Waals surface area contributed by atoms with Gasteiger partial charge in [-0.1, -0.05) is 192 Å². The molecule has 0 aliphatic carbocycles. The van der Waals surface area contributed by atoms with Gasteiger partial charge in [0, 0.05) is 19.3 Å². The average molecular weight is 787 g/mol. The number of carbonyl (C=O) groups excluding carboxylic acids is 3. The molecule has 1 unspecified atom stereocenters. The third-order valence-electron chi connectivity index (χ3n) is 10.3. The average Bonchev–Trinajstić information content (AvgIpc) is 3.19. The van der Waals surface area contributed by atoms with Crippen LogP contribution >= 0.6 is 0 Å². The number of esters is 3. The van der Waals surface area contributed by atoms with Crippen LogP contribution in [0.3, 0.4) is 0 Å². The number of allylic oxidation sites excluding steroid dienone is 6. The number of hydrogen-bond donors (Lipinski definition) is 0. The van der Waals surface area contributed by atoms with Gasteiger partial charge in [0.25, 0.3) is 0 Å². The van der Waals surface area contributed by atoms with Crippen LogP contribution in [0.4, 0.5) is 0 Å². The van der Waals surface area contributed by atoms with Gasteiger partial charge in [0.1, 0.15) is 13.2 Å². The lowest BCUT2D eigenvalue weighted by Crippen LogP contribution is -2.30. The van der Waals surface area contributed by atoms with Crippen molar-refractivity contribution < 1.29 is 28.6 Å². The Morgan fingerprint density at radius 2 is 0.679 bits per heavy atom. The van der Waals surface area contributed by atoms with E-state index >= 15 is 0 Å². The Morgan fingerprint density at radius 3 is 1.07 bits per heavy atom. The van der Waals surface area contributed by atoms with E-state index in [-0.39, 0.29) is 31.1 Å². The van der Waals surface area contributed by atoms with Crippen molar-refractivity contribution in [2.45, 2.75) is 252 Å². The molecule has 0 aromatic carbocycles. The van der Waals surface area contributed by atoms with Gasteiger partial charge >= 0.3 is 17.9 Å². The fourth-order valence-corrected chi connectivity index (χ4v) is 6.71. The second-order valence-corrected chi connectivity index (χ2v) is 16.0. The maximum absolute atomic E-state index is 12.7. The normalized spacial score (nSPS) is 12.3. The lowest BCUT2D eigenvalue weighted by Gasteiger charge is -2.18. The van der Waals surface area contributed by atoms with Crippen molar-refractivity contribution in [1.29, 1.82) is 0 Å². The number of rotatable bonds is 43. The van der Waals surface area contributed by atoms with E-state index in [2.05, 4.69) is 57.2 Å². The molecule has 1 atom stereocenters. The first kappa shape index (κ1) is 53.6. The molecule has 0 radical (unpaired) electrons. The summed E-state index contributed by atoms with van der Waals surface area (Å²) in [7, 11) is 0. The Hall–Kier alpha value is -2.37. The molecular formula is C50H90O6. The van der Waals surface area contributed by atoms with Crippen LogP contribution in [-0.4, -0.2) is 37.2 Å². The maximum atomic E-state index is 12.7. The van der Waals surface area contributed by atoms with Crippen LogP contribution < -0.4 is 0 Å². The second-order valence-electron chi connectivity index (χ2n) is 16.0. The topological polar surface area (TPSA) is 78.9 Å². The largest absolute Gasteiger partial charge is 0.462 e. The summed E-state index contributed by atoms with van der Waals surface area (Å²) >= 11 is 0. The highest BCUT2D eigenvalue weighted by molar-refractivity contribution is 5.71. The van der Waals surface area contributed by atoms with Gasteiger partial charge in [0.15, 0.2) is 6.10 Å². The van der Waals surface area contributed by atoms with Gasteiger partial charge < -0.3 is 14.2 Å². The summed E-state index contributed by atoms with van der Waals surface area (Å²) in [5.74, 6) is -0.897. The Labute approximate surface area is 346 Å². The number of unbranched alkanes of at least 4 members (excludes halogenated alkanes) is 26. The van der Waals surface area contributed by atoms with Gasteiger partial charge in [0.05, 0.1) is 0 Å². The van der Waals surface area contributed by atoms with E-state index in [9.17, 15) is 14.4 Å². The Morgan fingerprint density at radius 1 is 0.357 bits per heavy atom. The van der Waals surface area contributed by atoms with Crippen molar-refractivity contribution in [2.24, 2.45) is 0 Å². The molecule has 0 amide bonds. The molecule has 0 rings (SSSR count). The molecule has 0 aliphatic rings. The molecule has 0 bridgehead atoms. The SMILES string of the molecule is CCC/C=C\C/C=C\CCCCCCCC(=O)OC(COC(=O)CCCCCCCCCC)COC(=O)CCCCCCCCC/C=C\CCCCCCCC. The van der Waals surface area contributed by atoms with E-state index in [1.165, 1.54) is 116 Å². The highest BCUT2D eigenvalue weighted by Crippen LogP contribution is 2.14. The molecule has 0 aromatic heterocycles. The van der Waals surface area contributed by atoms with E-state index in [1.54, 1.807) is 0 Å². The quantitative estimate of drug-likeness (QED) is 0.0265. The molecular weight excluding hydrogens is 697 g/mol.